The molecule has 0 amide bonds. The van der Waals surface area contributed by atoms with Gasteiger partial charge in [-0.1, -0.05) is 12.1 Å². The Kier molecular flexibility index (Phi) is 3.64. The second-order valence-electron chi connectivity index (χ2n) is 3.86. The van der Waals surface area contributed by atoms with Crippen molar-refractivity contribution in [3.63, 3.8) is 0 Å². The van der Waals surface area contributed by atoms with E-state index in [4.69, 9.17) is 4.74 Å². The Hall–Kier alpha value is -1.55. The number of rotatable bonds is 5. The van der Waals surface area contributed by atoms with Gasteiger partial charge in [-0.25, -0.2) is 4.79 Å². The summed E-state index contributed by atoms with van der Waals surface area (Å²) in [6.45, 7) is 6.51. The number of hydrogen-bond donors (Lipinski definition) is 0. The minimum atomic E-state index is 0.0494. The van der Waals surface area contributed by atoms with E-state index in [0.717, 1.165) is 11.0 Å². The van der Waals surface area contributed by atoms with E-state index in [9.17, 15) is 4.79 Å². The molecule has 0 N–H and O–H groups in total. The van der Waals surface area contributed by atoms with Gasteiger partial charge in [-0.05, 0) is 26.0 Å². The van der Waals surface area contributed by atoms with E-state index < -0.39 is 0 Å². The molecule has 0 saturated heterocycles. The van der Waals surface area contributed by atoms with Gasteiger partial charge in [0.05, 0.1) is 24.2 Å². The van der Waals surface area contributed by atoms with Crippen LogP contribution in [-0.4, -0.2) is 22.3 Å². The molecule has 2 rings (SSSR count). The van der Waals surface area contributed by atoms with Crippen LogP contribution in [0.25, 0.3) is 11.0 Å². The highest BCUT2D eigenvalue weighted by atomic mass is 16.5. The molecule has 0 aliphatic carbocycles. The predicted molar refractivity (Wildman–Crippen MR) is 68.4 cm³/mol. The molecular formula is C13H18N2O2. The largest absolute Gasteiger partial charge is 0.380 e. The predicted octanol–water partition coefficient (Wildman–Crippen LogP) is 1.86. The summed E-state index contributed by atoms with van der Waals surface area (Å²) in [6, 6.07) is 7.88. The van der Waals surface area contributed by atoms with Gasteiger partial charge in [0.25, 0.3) is 0 Å². The highest BCUT2D eigenvalue weighted by Crippen LogP contribution is 2.12. The molecule has 17 heavy (non-hydrogen) atoms. The highest BCUT2D eigenvalue weighted by molar-refractivity contribution is 5.75. The number of aryl methyl sites for hydroxylation is 1. The van der Waals surface area contributed by atoms with Crippen LogP contribution in [0.15, 0.2) is 29.1 Å². The van der Waals surface area contributed by atoms with Crippen molar-refractivity contribution in [2.45, 2.75) is 26.9 Å². The molecule has 1 heterocycles. The molecule has 0 spiro atoms. The maximum absolute atomic E-state index is 12.2. The smallest absolute Gasteiger partial charge is 0.329 e. The van der Waals surface area contributed by atoms with Crippen molar-refractivity contribution in [2.24, 2.45) is 0 Å². The van der Waals surface area contributed by atoms with Gasteiger partial charge in [0.15, 0.2) is 0 Å². The molecule has 0 atom stereocenters. The lowest BCUT2D eigenvalue weighted by molar-refractivity contribution is 0.139. The van der Waals surface area contributed by atoms with Gasteiger partial charge in [-0.3, -0.25) is 9.13 Å². The van der Waals surface area contributed by atoms with E-state index in [0.29, 0.717) is 26.3 Å². The molecule has 0 radical (unpaired) electrons. The number of aromatic nitrogens is 2. The van der Waals surface area contributed by atoms with Crippen molar-refractivity contribution >= 4 is 11.0 Å². The summed E-state index contributed by atoms with van der Waals surface area (Å²) in [6.07, 6.45) is 0. The van der Waals surface area contributed by atoms with E-state index >= 15 is 0 Å². The van der Waals surface area contributed by atoms with Crippen LogP contribution in [0.4, 0.5) is 0 Å². The monoisotopic (exact) mass is 234 g/mol. The SMILES string of the molecule is CCOCCn1c(=O)n(CC)c2ccccc21. The first-order valence-electron chi connectivity index (χ1n) is 6.05. The van der Waals surface area contributed by atoms with Crippen molar-refractivity contribution in [3.8, 4) is 0 Å². The normalized spacial score (nSPS) is 11.2. The molecule has 0 saturated carbocycles. The standard InChI is InChI=1S/C13H18N2O2/c1-3-14-11-7-5-6-8-12(11)15(13(14)16)9-10-17-4-2/h5-8H,3-4,9-10H2,1-2H3. The zero-order chi connectivity index (χ0) is 12.3. The number of nitrogens with zero attached hydrogens (tertiary/aromatic N) is 2. The van der Waals surface area contributed by atoms with Crippen LogP contribution in [-0.2, 0) is 17.8 Å². The molecule has 1 aromatic carbocycles. The van der Waals surface area contributed by atoms with E-state index in [1.54, 1.807) is 9.13 Å². The Balaban J connectivity index is 2.47. The first-order valence-corrected chi connectivity index (χ1v) is 6.05. The molecule has 0 aliphatic rings. The Morgan fingerprint density at radius 2 is 1.76 bits per heavy atom. The number of benzene rings is 1. The molecule has 1 aromatic heterocycles. The first-order chi connectivity index (χ1) is 8.29. The van der Waals surface area contributed by atoms with E-state index in [2.05, 4.69) is 0 Å². The lowest BCUT2D eigenvalue weighted by atomic mass is 10.3. The van der Waals surface area contributed by atoms with Gasteiger partial charge in [0, 0.05) is 13.2 Å². The maximum Gasteiger partial charge on any atom is 0.329 e. The van der Waals surface area contributed by atoms with Crippen molar-refractivity contribution in [1.29, 1.82) is 0 Å². The Labute approximate surface area is 100 Å². The van der Waals surface area contributed by atoms with E-state index in [1.807, 2.05) is 38.1 Å². The van der Waals surface area contributed by atoms with Gasteiger partial charge in [-0.2, -0.15) is 0 Å². The van der Waals surface area contributed by atoms with Crippen LogP contribution in [0, 0.1) is 0 Å². The molecular weight excluding hydrogens is 216 g/mol. The third-order valence-corrected chi connectivity index (χ3v) is 2.90. The fraction of sp³-hybridized carbons (Fsp3) is 0.462. The number of para-hydroxylation sites is 2. The van der Waals surface area contributed by atoms with Gasteiger partial charge < -0.3 is 4.74 Å². The quantitative estimate of drug-likeness (QED) is 0.740. The molecule has 0 aliphatic heterocycles. The molecule has 4 heteroatoms. The van der Waals surface area contributed by atoms with Crippen LogP contribution < -0.4 is 5.69 Å². The van der Waals surface area contributed by atoms with Crippen molar-refractivity contribution in [2.75, 3.05) is 13.2 Å². The van der Waals surface area contributed by atoms with E-state index in [1.165, 1.54) is 0 Å². The van der Waals surface area contributed by atoms with Gasteiger partial charge in [0.2, 0.25) is 0 Å². The molecule has 2 aromatic rings. The summed E-state index contributed by atoms with van der Waals surface area (Å²) in [5.41, 5.74) is 2.03. The second-order valence-corrected chi connectivity index (χ2v) is 3.86. The third-order valence-electron chi connectivity index (χ3n) is 2.90. The minimum Gasteiger partial charge on any atom is -0.380 e. The lowest BCUT2D eigenvalue weighted by Crippen LogP contribution is -2.25. The average Bonchev–Trinajstić information content (AvgIpc) is 2.62. The molecule has 0 unspecified atom stereocenters. The summed E-state index contributed by atoms with van der Waals surface area (Å²) in [7, 11) is 0. The van der Waals surface area contributed by atoms with Crippen LogP contribution in [0.3, 0.4) is 0 Å². The zero-order valence-corrected chi connectivity index (χ0v) is 10.3. The Bertz CT molecular complexity index is 554. The summed E-state index contributed by atoms with van der Waals surface area (Å²) >= 11 is 0. The first kappa shape index (κ1) is 11.9. The number of imidazole rings is 1. The zero-order valence-electron chi connectivity index (χ0n) is 10.3. The van der Waals surface area contributed by atoms with E-state index in [-0.39, 0.29) is 5.69 Å². The molecule has 0 bridgehead atoms. The third kappa shape index (κ3) is 2.13. The number of ether oxygens (including phenoxy) is 1. The Morgan fingerprint density at radius 3 is 2.35 bits per heavy atom. The van der Waals surface area contributed by atoms with Crippen LogP contribution in [0.5, 0.6) is 0 Å². The summed E-state index contributed by atoms with van der Waals surface area (Å²) < 4.78 is 8.89. The van der Waals surface area contributed by atoms with Gasteiger partial charge >= 0.3 is 5.69 Å². The molecule has 4 nitrogen and oxygen atoms in total. The lowest BCUT2D eigenvalue weighted by Gasteiger charge is -2.02. The Morgan fingerprint density at radius 1 is 1.12 bits per heavy atom. The van der Waals surface area contributed by atoms with Crippen LogP contribution in [0.2, 0.25) is 0 Å². The topological polar surface area (TPSA) is 36.2 Å². The fourth-order valence-corrected chi connectivity index (χ4v) is 2.09. The van der Waals surface area contributed by atoms with Gasteiger partial charge in [0.1, 0.15) is 0 Å². The fourth-order valence-electron chi connectivity index (χ4n) is 2.09. The number of fused-ring (bicyclic) bond motifs is 1. The highest BCUT2D eigenvalue weighted by Gasteiger charge is 2.10. The summed E-state index contributed by atoms with van der Waals surface area (Å²) in [5, 5.41) is 0. The average molecular weight is 234 g/mol. The maximum atomic E-state index is 12.2. The molecule has 92 valence electrons. The van der Waals surface area contributed by atoms with Crippen molar-refractivity contribution in [3.05, 3.63) is 34.7 Å². The van der Waals surface area contributed by atoms with Gasteiger partial charge in [-0.15, -0.1) is 0 Å². The summed E-state index contributed by atoms with van der Waals surface area (Å²) in [5.74, 6) is 0. The van der Waals surface area contributed by atoms with Crippen molar-refractivity contribution in [1.82, 2.24) is 9.13 Å². The molecule has 0 fully saturated rings. The van der Waals surface area contributed by atoms with Crippen molar-refractivity contribution < 1.29 is 4.74 Å². The summed E-state index contributed by atoms with van der Waals surface area (Å²) in [4.78, 5) is 12.2. The number of hydrogen-bond acceptors (Lipinski definition) is 2. The van der Waals surface area contributed by atoms with Crippen LogP contribution >= 0.6 is 0 Å². The minimum absolute atomic E-state index is 0.0494. The second kappa shape index (κ2) is 5.19. The van der Waals surface area contributed by atoms with Crippen LogP contribution in [0.1, 0.15) is 13.8 Å².